The molecular formula is C16H21N5O3. The summed E-state index contributed by atoms with van der Waals surface area (Å²) in [6, 6.07) is 1.11. The number of nitrogens with zero attached hydrogens (tertiary/aromatic N) is 4. The summed E-state index contributed by atoms with van der Waals surface area (Å²) in [5.41, 5.74) is 1.05. The number of carbonyl (C=O) groups is 1. The number of aromatic nitrogens is 4. The first-order valence-electron chi connectivity index (χ1n) is 7.99. The van der Waals surface area contributed by atoms with Crippen LogP contribution in [0.25, 0.3) is 0 Å². The Hall–Kier alpha value is -2.64. The fourth-order valence-corrected chi connectivity index (χ4v) is 3.25. The molecule has 24 heavy (non-hydrogen) atoms. The van der Waals surface area contributed by atoms with Crippen LogP contribution in [-0.2, 0) is 14.1 Å². The highest BCUT2D eigenvalue weighted by atomic mass is 16.2. The van der Waals surface area contributed by atoms with Crippen molar-refractivity contribution in [2.45, 2.75) is 32.2 Å². The molecule has 1 fully saturated rings. The van der Waals surface area contributed by atoms with Gasteiger partial charge in [0.05, 0.1) is 17.9 Å². The lowest BCUT2D eigenvalue weighted by molar-refractivity contribution is 0.0593. The van der Waals surface area contributed by atoms with Crippen LogP contribution >= 0.6 is 0 Å². The van der Waals surface area contributed by atoms with Crippen molar-refractivity contribution in [3.63, 3.8) is 0 Å². The van der Waals surface area contributed by atoms with Crippen molar-refractivity contribution in [2.24, 2.45) is 14.1 Å². The third-order valence-corrected chi connectivity index (χ3v) is 4.71. The molecule has 1 N–H and O–H groups in total. The maximum absolute atomic E-state index is 13.0. The normalized spacial score (nSPS) is 18.0. The molecule has 3 heterocycles. The van der Waals surface area contributed by atoms with Gasteiger partial charge in [0.2, 0.25) is 0 Å². The zero-order valence-corrected chi connectivity index (χ0v) is 14.1. The number of amides is 1. The van der Waals surface area contributed by atoms with Crippen molar-refractivity contribution in [3.05, 3.63) is 50.1 Å². The summed E-state index contributed by atoms with van der Waals surface area (Å²) < 4.78 is 2.22. The topological polar surface area (TPSA) is 93.0 Å². The number of aromatic amines is 1. The Balaban J connectivity index is 2.04. The van der Waals surface area contributed by atoms with Gasteiger partial charge >= 0.3 is 5.69 Å². The highest BCUT2D eigenvalue weighted by molar-refractivity contribution is 5.92. The molecule has 2 aromatic heterocycles. The van der Waals surface area contributed by atoms with Gasteiger partial charge in [0.15, 0.2) is 0 Å². The Labute approximate surface area is 138 Å². The zero-order valence-electron chi connectivity index (χ0n) is 14.1. The molecule has 8 heteroatoms. The van der Waals surface area contributed by atoms with E-state index in [4.69, 9.17) is 0 Å². The fraction of sp³-hybridized carbons (Fsp3) is 0.500. The predicted molar refractivity (Wildman–Crippen MR) is 87.9 cm³/mol. The number of piperidine rings is 1. The molecule has 0 aliphatic carbocycles. The molecule has 0 bridgehead atoms. The Morgan fingerprint density at radius 1 is 1.25 bits per heavy atom. The van der Waals surface area contributed by atoms with Crippen molar-refractivity contribution in [1.82, 2.24) is 24.2 Å². The van der Waals surface area contributed by atoms with Gasteiger partial charge in [0, 0.05) is 26.7 Å². The van der Waals surface area contributed by atoms with E-state index in [1.165, 1.54) is 24.7 Å². The van der Waals surface area contributed by atoms with Crippen molar-refractivity contribution < 1.29 is 4.79 Å². The minimum Gasteiger partial charge on any atom is -0.329 e. The molecule has 8 nitrogen and oxygen atoms in total. The molecule has 0 unspecified atom stereocenters. The number of nitrogens with one attached hydrogen (secondary N) is 1. The monoisotopic (exact) mass is 331 g/mol. The Bertz CT molecular complexity index is 892. The van der Waals surface area contributed by atoms with E-state index >= 15 is 0 Å². The number of rotatable bonds is 2. The van der Waals surface area contributed by atoms with E-state index in [2.05, 4.69) is 10.2 Å². The summed E-state index contributed by atoms with van der Waals surface area (Å²) in [5.74, 6) is -0.300. The zero-order chi connectivity index (χ0) is 17.4. The number of hydrogen-bond donors (Lipinski definition) is 1. The first-order valence-corrected chi connectivity index (χ1v) is 7.99. The summed E-state index contributed by atoms with van der Waals surface area (Å²) in [6.45, 7) is 2.54. The van der Waals surface area contributed by atoms with E-state index in [0.717, 1.165) is 35.1 Å². The summed E-state index contributed by atoms with van der Waals surface area (Å²) in [5, 5.41) is 7.03. The minimum atomic E-state index is -0.503. The Morgan fingerprint density at radius 3 is 2.67 bits per heavy atom. The van der Waals surface area contributed by atoms with Crippen LogP contribution in [0.4, 0.5) is 0 Å². The molecule has 0 spiro atoms. The maximum Gasteiger partial charge on any atom is 0.331 e. The van der Waals surface area contributed by atoms with Crippen molar-refractivity contribution in [3.8, 4) is 0 Å². The summed E-state index contributed by atoms with van der Waals surface area (Å²) in [7, 11) is 2.91. The van der Waals surface area contributed by atoms with Gasteiger partial charge in [-0.2, -0.15) is 5.10 Å². The predicted octanol–water partition coefficient (Wildman–Crippen LogP) is 0.483. The van der Waals surface area contributed by atoms with Crippen LogP contribution in [0.15, 0.2) is 21.9 Å². The molecule has 0 saturated carbocycles. The van der Waals surface area contributed by atoms with E-state index in [1.807, 2.05) is 6.92 Å². The quantitative estimate of drug-likeness (QED) is 0.866. The van der Waals surface area contributed by atoms with Gasteiger partial charge in [0.1, 0.15) is 5.69 Å². The molecule has 1 aliphatic heterocycles. The summed E-state index contributed by atoms with van der Waals surface area (Å²) in [4.78, 5) is 38.8. The summed E-state index contributed by atoms with van der Waals surface area (Å²) in [6.07, 6.45) is 4.48. The number of hydrogen-bond acceptors (Lipinski definition) is 4. The molecule has 0 aromatic carbocycles. The van der Waals surface area contributed by atoms with Crippen molar-refractivity contribution in [2.75, 3.05) is 6.54 Å². The molecule has 128 valence electrons. The maximum atomic E-state index is 13.0. The van der Waals surface area contributed by atoms with Crippen LogP contribution in [0, 0.1) is 6.92 Å². The van der Waals surface area contributed by atoms with Gasteiger partial charge in [-0.3, -0.25) is 23.8 Å². The van der Waals surface area contributed by atoms with E-state index in [9.17, 15) is 14.4 Å². The minimum absolute atomic E-state index is 0.118. The van der Waals surface area contributed by atoms with Crippen molar-refractivity contribution in [1.29, 1.82) is 0 Å². The number of likely N-dealkylation sites (tertiary alicyclic amines) is 1. The average molecular weight is 331 g/mol. The molecule has 3 rings (SSSR count). The van der Waals surface area contributed by atoms with Gasteiger partial charge < -0.3 is 4.90 Å². The molecule has 2 aromatic rings. The second-order valence-electron chi connectivity index (χ2n) is 6.25. The van der Waals surface area contributed by atoms with Crippen LogP contribution in [0.5, 0.6) is 0 Å². The average Bonchev–Trinajstić information content (AvgIpc) is 3.01. The largest absolute Gasteiger partial charge is 0.331 e. The third kappa shape index (κ3) is 2.57. The first-order chi connectivity index (χ1) is 11.4. The van der Waals surface area contributed by atoms with Crippen LogP contribution in [0.3, 0.4) is 0 Å². The smallest absolute Gasteiger partial charge is 0.329 e. The summed E-state index contributed by atoms with van der Waals surface area (Å²) >= 11 is 0. The first kappa shape index (κ1) is 16.2. The third-order valence-electron chi connectivity index (χ3n) is 4.71. The van der Waals surface area contributed by atoms with Crippen LogP contribution in [-0.4, -0.2) is 36.7 Å². The number of H-pyrrole nitrogens is 1. The highest BCUT2D eigenvalue weighted by Gasteiger charge is 2.32. The van der Waals surface area contributed by atoms with Gasteiger partial charge in [-0.1, -0.05) is 0 Å². The molecular weight excluding hydrogens is 310 g/mol. The van der Waals surface area contributed by atoms with E-state index in [0.29, 0.717) is 6.54 Å². The number of carbonyl (C=O) groups excluding carboxylic acids is 1. The van der Waals surface area contributed by atoms with E-state index in [1.54, 1.807) is 11.1 Å². The van der Waals surface area contributed by atoms with Gasteiger partial charge in [-0.25, -0.2) is 4.79 Å². The highest BCUT2D eigenvalue weighted by Crippen LogP contribution is 2.32. The van der Waals surface area contributed by atoms with Gasteiger partial charge in [-0.15, -0.1) is 0 Å². The van der Waals surface area contributed by atoms with Crippen molar-refractivity contribution >= 4 is 5.91 Å². The Morgan fingerprint density at radius 2 is 2.00 bits per heavy atom. The van der Waals surface area contributed by atoms with Gasteiger partial charge in [-0.05, 0) is 31.7 Å². The van der Waals surface area contributed by atoms with Gasteiger partial charge in [0.25, 0.3) is 11.5 Å². The van der Waals surface area contributed by atoms with Crippen LogP contribution in [0.2, 0.25) is 0 Å². The van der Waals surface area contributed by atoms with Crippen LogP contribution in [0.1, 0.15) is 47.1 Å². The fourth-order valence-electron chi connectivity index (χ4n) is 3.25. The second kappa shape index (κ2) is 6.10. The Kier molecular flexibility index (Phi) is 4.13. The standard InChI is InChI=1S/C16H21N5O3/c1-10-9-17-18-14(10)11-6-4-5-7-21(11)15(23)12-8-13(22)20(3)16(24)19(12)2/h8-9,11H,4-7H2,1-3H3,(H,17,18)/t11-/m1/s1. The molecule has 1 aliphatic rings. The van der Waals surface area contributed by atoms with E-state index < -0.39 is 11.2 Å². The molecule has 0 radical (unpaired) electrons. The lowest BCUT2D eigenvalue weighted by Crippen LogP contribution is -2.44. The number of aryl methyl sites for hydroxylation is 1. The lowest BCUT2D eigenvalue weighted by Gasteiger charge is -2.35. The lowest BCUT2D eigenvalue weighted by atomic mass is 9.97. The second-order valence-corrected chi connectivity index (χ2v) is 6.25. The SMILES string of the molecule is Cc1cn[nH]c1[C@H]1CCCCN1C(=O)c1cc(=O)n(C)c(=O)n1C. The molecule has 1 amide bonds. The molecule has 1 saturated heterocycles. The van der Waals surface area contributed by atoms with E-state index in [-0.39, 0.29) is 17.6 Å². The van der Waals surface area contributed by atoms with Crippen LogP contribution < -0.4 is 11.2 Å². The molecule has 1 atom stereocenters.